The van der Waals surface area contributed by atoms with Crippen LogP contribution in [0.5, 0.6) is 0 Å². The molecule has 0 saturated heterocycles. The zero-order valence-electron chi connectivity index (χ0n) is 10.0. The van der Waals surface area contributed by atoms with Crippen molar-refractivity contribution in [2.45, 2.75) is 46.6 Å². The molecule has 3 rings (SSSR count). The van der Waals surface area contributed by atoms with Gasteiger partial charge < -0.3 is 4.74 Å². The summed E-state index contributed by atoms with van der Waals surface area (Å²) in [5.41, 5.74) is 1.72. The Morgan fingerprint density at radius 3 is 2.73 bits per heavy atom. The summed E-state index contributed by atoms with van der Waals surface area (Å²) in [6, 6.07) is 0. The summed E-state index contributed by atoms with van der Waals surface area (Å²) in [6.07, 6.45) is 4.00. The van der Waals surface area contributed by atoms with E-state index < -0.39 is 0 Å². The Kier molecular flexibility index (Phi) is 2.40. The molecule has 0 aliphatic heterocycles. The molecular formula is C13H20O2. The Bertz CT molecular complexity index is 314. The average Bonchev–Trinajstić information content (AvgIpc) is 2.16. The fraction of sp³-hybridized carbons (Fsp3) is 0.769. The number of rotatable bonds is 2. The summed E-state index contributed by atoms with van der Waals surface area (Å²) < 4.78 is 5.53. The summed E-state index contributed by atoms with van der Waals surface area (Å²) in [5, 5.41) is 0. The SMILES string of the molecule is CCC(=O)OC1[C@H]2C(C)=CC[C@@H]1C2(C)C. The molecule has 0 aromatic carbocycles. The fourth-order valence-corrected chi connectivity index (χ4v) is 3.30. The van der Waals surface area contributed by atoms with E-state index >= 15 is 0 Å². The molecule has 84 valence electrons. The lowest BCUT2D eigenvalue weighted by Gasteiger charge is -2.60. The Balaban J connectivity index is 2.13. The van der Waals surface area contributed by atoms with E-state index in [4.69, 9.17) is 4.74 Å². The molecule has 0 amide bonds. The number of hydrogen-bond donors (Lipinski definition) is 0. The highest BCUT2D eigenvalue weighted by atomic mass is 16.5. The molecule has 2 heteroatoms. The quantitative estimate of drug-likeness (QED) is 0.515. The molecule has 0 aromatic heterocycles. The van der Waals surface area contributed by atoms with Crippen molar-refractivity contribution in [3.05, 3.63) is 11.6 Å². The van der Waals surface area contributed by atoms with Crippen molar-refractivity contribution < 1.29 is 9.53 Å². The van der Waals surface area contributed by atoms with E-state index in [1.165, 1.54) is 5.57 Å². The van der Waals surface area contributed by atoms with E-state index in [0.717, 1.165) is 6.42 Å². The van der Waals surface area contributed by atoms with Gasteiger partial charge in [0.05, 0.1) is 0 Å². The van der Waals surface area contributed by atoms with Crippen molar-refractivity contribution in [1.82, 2.24) is 0 Å². The van der Waals surface area contributed by atoms with Crippen LogP contribution in [0, 0.1) is 17.3 Å². The van der Waals surface area contributed by atoms with E-state index in [1.54, 1.807) is 0 Å². The maximum absolute atomic E-state index is 11.3. The minimum absolute atomic E-state index is 0.0554. The molecule has 1 unspecified atom stereocenters. The summed E-state index contributed by atoms with van der Waals surface area (Å²) in [7, 11) is 0. The van der Waals surface area contributed by atoms with E-state index in [9.17, 15) is 4.79 Å². The van der Waals surface area contributed by atoms with Gasteiger partial charge in [0.1, 0.15) is 6.10 Å². The molecule has 2 nitrogen and oxygen atoms in total. The van der Waals surface area contributed by atoms with Gasteiger partial charge in [0, 0.05) is 18.3 Å². The molecule has 0 N–H and O–H groups in total. The lowest BCUT2D eigenvalue weighted by Crippen LogP contribution is -2.61. The smallest absolute Gasteiger partial charge is 0.305 e. The van der Waals surface area contributed by atoms with Crippen LogP contribution in [0.3, 0.4) is 0 Å². The molecular weight excluding hydrogens is 188 g/mol. The Morgan fingerprint density at radius 1 is 1.60 bits per heavy atom. The van der Waals surface area contributed by atoms with Gasteiger partial charge in [0.15, 0.2) is 0 Å². The van der Waals surface area contributed by atoms with Crippen LogP contribution in [0.15, 0.2) is 11.6 Å². The van der Waals surface area contributed by atoms with Crippen molar-refractivity contribution in [3.8, 4) is 0 Å². The highest BCUT2D eigenvalue weighted by molar-refractivity contribution is 5.69. The van der Waals surface area contributed by atoms with Gasteiger partial charge in [-0.25, -0.2) is 0 Å². The van der Waals surface area contributed by atoms with Gasteiger partial charge in [-0.15, -0.1) is 0 Å². The standard InChI is InChI=1S/C13H20O2/c1-5-10(14)15-12-9-7-6-8(2)11(12)13(9,3)4/h6,9,11-12H,5,7H2,1-4H3/t9-,11+,12?/m0/s1. The van der Waals surface area contributed by atoms with Crippen molar-refractivity contribution in [3.63, 3.8) is 0 Å². The Labute approximate surface area is 91.7 Å². The van der Waals surface area contributed by atoms with E-state index in [2.05, 4.69) is 26.8 Å². The molecule has 3 aliphatic rings. The van der Waals surface area contributed by atoms with Gasteiger partial charge >= 0.3 is 5.97 Å². The highest BCUT2D eigenvalue weighted by Crippen LogP contribution is 2.60. The van der Waals surface area contributed by atoms with Gasteiger partial charge in [0.25, 0.3) is 0 Å². The topological polar surface area (TPSA) is 26.3 Å². The highest BCUT2D eigenvalue weighted by Gasteiger charge is 2.59. The number of carbonyl (C=O) groups is 1. The van der Waals surface area contributed by atoms with Gasteiger partial charge in [-0.1, -0.05) is 32.4 Å². The third-order valence-corrected chi connectivity index (χ3v) is 4.22. The first-order chi connectivity index (χ1) is 6.98. The second-order valence-corrected chi connectivity index (χ2v) is 5.40. The zero-order chi connectivity index (χ0) is 11.2. The second-order valence-electron chi connectivity index (χ2n) is 5.40. The normalized spacial score (nSPS) is 36.5. The number of hydrogen-bond acceptors (Lipinski definition) is 2. The first-order valence-electron chi connectivity index (χ1n) is 5.84. The lowest BCUT2D eigenvalue weighted by molar-refractivity contribution is -0.191. The maximum Gasteiger partial charge on any atom is 0.305 e. The minimum atomic E-state index is -0.0554. The number of fused-ring (bicyclic) bond motifs is 1. The van der Waals surface area contributed by atoms with Crippen LogP contribution in [0.2, 0.25) is 0 Å². The third-order valence-electron chi connectivity index (χ3n) is 4.22. The third kappa shape index (κ3) is 1.42. The van der Waals surface area contributed by atoms with Gasteiger partial charge in [-0.3, -0.25) is 4.79 Å². The molecule has 0 heterocycles. The van der Waals surface area contributed by atoms with Gasteiger partial charge in [-0.05, 0) is 18.8 Å². The van der Waals surface area contributed by atoms with Crippen LogP contribution in [0.1, 0.15) is 40.5 Å². The van der Waals surface area contributed by atoms with Crippen LogP contribution in [0.25, 0.3) is 0 Å². The minimum Gasteiger partial charge on any atom is -0.461 e. The molecule has 15 heavy (non-hydrogen) atoms. The predicted octanol–water partition coefficient (Wildman–Crippen LogP) is 2.93. The van der Waals surface area contributed by atoms with Crippen LogP contribution in [-0.2, 0) is 9.53 Å². The van der Waals surface area contributed by atoms with Crippen molar-refractivity contribution in [1.29, 1.82) is 0 Å². The van der Waals surface area contributed by atoms with Crippen LogP contribution in [0.4, 0.5) is 0 Å². The molecule has 1 saturated carbocycles. The first kappa shape index (κ1) is 10.7. The lowest BCUT2D eigenvalue weighted by atomic mass is 9.47. The summed E-state index contributed by atoms with van der Waals surface area (Å²) in [4.78, 5) is 11.3. The van der Waals surface area contributed by atoms with E-state index in [0.29, 0.717) is 23.7 Å². The van der Waals surface area contributed by atoms with Crippen LogP contribution >= 0.6 is 0 Å². The predicted molar refractivity (Wildman–Crippen MR) is 59.3 cm³/mol. The molecule has 1 fully saturated rings. The number of carbonyl (C=O) groups excluding carboxylic acids is 1. The molecule has 0 aromatic rings. The van der Waals surface area contributed by atoms with Crippen LogP contribution < -0.4 is 0 Å². The largest absolute Gasteiger partial charge is 0.461 e. The fourth-order valence-electron chi connectivity index (χ4n) is 3.30. The molecule has 2 bridgehead atoms. The first-order valence-corrected chi connectivity index (χ1v) is 5.84. The molecule has 3 atom stereocenters. The molecule has 0 spiro atoms. The van der Waals surface area contributed by atoms with Crippen molar-refractivity contribution >= 4 is 5.97 Å². The van der Waals surface area contributed by atoms with Crippen molar-refractivity contribution in [2.75, 3.05) is 0 Å². The number of allylic oxidation sites excluding steroid dienone is 1. The summed E-state index contributed by atoms with van der Waals surface area (Å²) in [5.74, 6) is 0.925. The summed E-state index contributed by atoms with van der Waals surface area (Å²) in [6.45, 7) is 8.59. The van der Waals surface area contributed by atoms with E-state index in [1.807, 2.05) is 6.92 Å². The number of ether oxygens (including phenoxy) is 1. The monoisotopic (exact) mass is 208 g/mol. The maximum atomic E-state index is 11.3. The Morgan fingerprint density at radius 2 is 2.27 bits per heavy atom. The average molecular weight is 208 g/mol. The molecule has 0 radical (unpaired) electrons. The Hall–Kier alpha value is -0.790. The van der Waals surface area contributed by atoms with E-state index in [-0.39, 0.29) is 12.1 Å². The van der Waals surface area contributed by atoms with Gasteiger partial charge in [0.2, 0.25) is 0 Å². The van der Waals surface area contributed by atoms with Crippen molar-refractivity contribution in [2.24, 2.45) is 17.3 Å². The molecule has 3 aliphatic carbocycles. The summed E-state index contributed by atoms with van der Waals surface area (Å²) >= 11 is 0. The van der Waals surface area contributed by atoms with Gasteiger partial charge in [-0.2, -0.15) is 0 Å². The second kappa shape index (κ2) is 3.36. The zero-order valence-corrected chi connectivity index (χ0v) is 10.0. The van der Waals surface area contributed by atoms with Crippen LogP contribution in [-0.4, -0.2) is 12.1 Å². The number of esters is 1.